The second-order valence-corrected chi connectivity index (χ2v) is 6.87. The van der Waals surface area contributed by atoms with Gasteiger partial charge in [-0.15, -0.1) is 0 Å². The third-order valence-corrected chi connectivity index (χ3v) is 5.37. The molecule has 0 radical (unpaired) electrons. The monoisotopic (exact) mass is 304 g/mol. The van der Waals surface area contributed by atoms with E-state index in [0.29, 0.717) is 0 Å². The molecule has 2 aliphatic heterocycles. The average Bonchev–Trinajstić information content (AvgIpc) is 3.05. The molecule has 0 saturated carbocycles. The predicted molar refractivity (Wildman–Crippen MR) is 89.9 cm³/mol. The minimum absolute atomic E-state index is 0.0749. The summed E-state index contributed by atoms with van der Waals surface area (Å²) in [5.74, 6) is 1.07. The molecule has 1 aromatic rings. The third kappa shape index (κ3) is 3.11. The van der Waals surface area contributed by atoms with Crippen LogP contribution in [0.25, 0.3) is 0 Å². The van der Waals surface area contributed by atoms with Crippen molar-refractivity contribution in [3.63, 3.8) is 0 Å². The Bertz CT molecular complexity index is 517. The van der Waals surface area contributed by atoms with Crippen LogP contribution >= 0.6 is 11.8 Å². The number of unbranched alkanes of at least 4 members (excludes halogenated alkanes) is 1. The Morgan fingerprint density at radius 1 is 1.43 bits per heavy atom. The lowest BCUT2D eigenvalue weighted by atomic mass is 9.88. The number of aliphatic imine (C=N–C) groups is 1. The normalized spacial score (nSPS) is 22.9. The predicted octanol–water partition coefficient (Wildman–Crippen LogP) is 3.24. The van der Waals surface area contributed by atoms with E-state index in [-0.39, 0.29) is 12.1 Å². The van der Waals surface area contributed by atoms with E-state index >= 15 is 0 Å². The Morgan fingerprint density at radius 3 is 3.05 bits per heavy atom. The van der Waals surface area contributed by atoms with E-state index in [9.17, 15) is 5.11 Å². The lowest BCUT2D eigenvalue weighted by Crippen LogP contribution is -2.43. The van der Waals surface area contributed by atoms with E-state index in [2.05, 4.69) is 41.1 Å². The largest absolute Gasteiger partial charge is 0.391 e. The van der Waals surface area contributed by atoms with Gasteiger partial charge < -0.3 is 10.0 Å². The van der Waals surface area contributed by atoms with Crippen LogP contribution in [-0.2, 0) is 6.42 Å². The van der Waals surface area contributed by atoms with Crippen LogP contribution in [0.1, 0.15) is 43.4 Å². The van der Waals surface area contributed by atoms with Crippen molar-refractivity contribution in [1.29, 1.82) is 0 Å². The van der Waals surface area contributed by atoms with E-state index in [4.69, 9.17) is 0 Å². The molecule has 0 spiro atoms. The molecule has 1 aromatic carbocycles. The van der Waals surface area contributed by atoms with Crippen molar-refractivity contribution in [2.75, 3.05) is 18.8 Å². The molecule has 0 fully saturated rings. The van der Waals surface area contributed by atoms with Crippen LogP contribution in [-0.4, -0.2) is 40.1 Å². The van der Waals surface area contributed by atoms with E-state index in [1.54, 1.807) is 0 Å². The quantitative estimate of drug-likeness (QED) is 0.927. The average molecular weight is 304 g/mol. The number of amidine groups is 1. The summed E-state index contributed by atoms with van der Waals surface area (Å²) >= 11 is 1.83. The van der Waals surface area contributed by atoms with Gasteiger partial charge in [-0.2, -0.15) is 0 Å². The molecule has 4 heteroatoms. The maximum absolute atomic E-state index is 10.8. The standard InChI is InChI=1S/C17H24N2OS/c1-2-3-8-15(20)16-14-7-5-4-6-13(14)9-11-19(16)17-18-10-12-21-17/h4-7,15-16,20H,2-3,8-12H2,1H3. The lowest BCUT2D eigenvalue weighted by Gasteiger charge is -2.41. The highest BCUT2D eigenvalue weighted by Gasteiger charge is 2.35. The molecule has 0 bridgehead atoms. The summed E-state index contributed by atoms with van der Waals surface area (Å²) in [5.41, 5.74) is 2.68. The molecular formula is C17H24N2OS. The first kappa shape index (κ1) is 14.9. The van der Waals surface area contributed by atoms with Gasteiger partial charge in [0.15, 0.2) is 5.17 Å². The maximum Gasteiger partial charge on any atom is 0.159 e. The van der Waals surface area contributed by atoms with Crippen LogP contribution < -0.4 is 0 Å². The molecule has 21 heavy (non-hydrogen) atoms. The molecule has 0 amide bonds. The van der Waals surface area contributed by atoms with Crippen molar-refractivity contribution < 1.29 is 5.11 Å². The summed E-state index contributed by atoms with van der Waals surface area (Å²) in [5, 5.41) is 11.9. The first-order valence-electron chi connectivity index (χ1n) is 8.01. The van der Waals surface area contributed by atoms with E-state index in [0.717, 1.165) is 49.7 Å². The highest BCUT2D eigenvalue weighted by molar-refractivity contribution is 8.14. The van der Waals surface area contributed by atoms with Crippen LogP contribution in [0, 0.1) is 0 Å². The Labute approximate surface area is 131 Å². The van der Waals surface area contributed by atoms with Gasteiger partial charge in [0.1, 0.15) is 0 Å². The minimum Gasteiger partial charge on any atom is -0.391 e. The van der Waals surface area contributed by atoms with Crippen molar-refractivity contribution in [1.82, 2.24) is 4.90 Å². The van der Waals surface area contributed by atoms with Gasteiger partial charge in [0, 0.05) is 12.3 Å². The van der Waals surface area contributed by atoms with Crippen LogP contribution in [0.2, 0.25) is 0 Å². The summed E-state index contributed by atoms with van der Waals surface area (Å²) in [4.78, 5) is 6.99. The van der Waals surface area contributed by atoms with E-state index in [1.165, 1.54) is 11.1 Å². The molecule has 2 aliphatic rings. The Hall–Kier alpha value is -1.000. The SMILES string of the molecule is CCCCC(O)C1c2ccccc2CCN1C1=NCCS1. The smallest absolute Gasteiger partial charge is 0.159 e. The Balaban J connectivity index is 1.90. The molecule has 2 atom stereocenters. The van der Waals surface area contributed by atoms with Gasteiger partial charge in [0.2, 0.25) is 0 Å². The fourth-order valence-electron chi connectivity index (χ4n) is 3.30. The zero-order valence-electron chi connectivity index (χ0n) is 12.7. The molecule has 0 aliphatic carbocycles. The zero-order chi connectivity index (χ0) is 14.7. The number of aliphatic hydroxyl groups is 1. The second-order valence-electron chi connectivity index (χ2n) is 5.81. The number of hydrogen-bond acceptors (Lipinski definition) is 4. The first-order valence-corrected chi connectivity index (χ1v) is 8.99. The van der Waals surface area contributed by atoms with Gasteiger partial charge >= 0.3 is 0 Å². The minimum atomic E-state index is -0.310. The maximum atomic E-state index is 10.8. The number of benzene rings is 1. The third-order valence-electron chi connectivity index (χ3n) is 4.36. The number of nitrogens with zero attached hydrogens (tertiary/aromatic N) is 2. The van der Waals surface area contributed by atoms with Gasteiger partial charge in [-0.3, -0.25) is 4.99 Å². The summed E-state index contributed by atoms with van der Waals surface area (Å²) in [6.07, 6.45) is 3.81. The lowest BCUT2D eigenvalue weighted by molar-refractivity contribution is 0.0708. The van der Waals surface area contributed by atoms with Crippen LogP contribution in [0.15, 0.2) is 29.3 Å². The molecule has 1 N–H and O–H groups in total. The number of rotatable bonds is 4. The molecule has 0 aromatic heterocycles. The van der Waals surface area contributed by atoms with Gasteiger partial charge in [0.25, 0.3) is 0 Å². The van der Waals surface area contributed by atoms with E-state index in [1.807, 2.05) is 11.8 Å². The van der Waals surface area contributed by atoms with Gasteiger partial charge in [-0.1, -0.05) is 55.8 Å². The van der Waals surface area contributed by atoms with Gasteiger partial charge in [-0.05, 0) is 24.0 Å². The Morgan fingerprint density at radius 2 is 2.29 bits per heavy atom. The summed E-state index contributed by atoms with van der Waals surface area (Å²) in [6.45, 7) is 4.06. The second kappa shape index (κ2) is 6.84. The fraction of sp³-hybridized carbons (Fsp3) is 0.588. The molecule has 3 rings (SSSR count). The highest BCUT2D eigenvalue weighted by Crippen LogP contribution is 2.36. The highest BCUT2D eigenvalue weighted by atomic mass is 32.2. The number of aliphatic hydroxyl groups excluding tert-OH is 1. The van der Waals surface area contributed by atoms with Gasteiger partial charge in [-0.25, -0.2) is 0 Å². The fourth-order valence-corrected chi connectivity index (χ4v) is 4.22. The van der Waals surface area contributed by atoms with Crippen LogP contribution in [0.3, 0.4) is 0 Å². The zero-order valence-corrected chi connectivity index (χ0v) is 13.5. The summed E-state index contributed by atoms with van der Waals surface area (Å²) in [7, 11) is 0. The van der Waals surface area contributed by atoms with Crippen molar-refractivity contribution >= 4 is 16.9 Å². The van der Waals surface area contributed by atoms with Gasteiger partial charge in [0.05, 0.1) is 18.7 Å². The number of thioether (sulfide) groups is 1. The molecule has 2 unspecified atom stereocenters. The van der Waals surface area contributed by atoms with E-state index < -0.39 is 0 Å². The first-order chi connectivity index (χ1) is 10.3. The van der Waals surface area contributed by atoms with Crippen LogP contribution in [0.5, 0.6) is 0 Å². The topological polar surface area (TPSA) is 35.8 Å². The Kier molecular flexibility index (Phi) is 4.86. The molecule has 3 nitrogen and oxygen atoms in total. The van der Waals surface area contributed by atoms with Crippen LogP contribution in [0.4, 0.5) is 0 Å². The van der Waals surface area contributed by atoms with Crippen molar-refractivity contribution in [2.24, 2.45) is 4.99 Å². The number of hydrogen-bond donors (Lipinski definition) is 1. The molecule has 2 heterocycles. The summed E-state index contributed by atoms with van der Waals surface area (Å²) in [6, 6.07) is 8.65. The van der Waals surface area contributed by atoms with Crippen molar-refractivity contribution in [2.45, 2.75) is 44.8 Å². The molecule has 114 valence electrons. The molecular weight excluding hydrogens is 280 g/mol. The summed E-state index contributed by atoms with van der Waals surface area (Å²) < 4.78 is 0. The number of fused-ring (bicyclic) bond motifs is 1. The van der Waals surface area contributed by atoms with Crippen molar-refractivity contribution in [3.8, 4) is 0 Å². The molecule has 0 saturated heterocycles. The van der Waals surface area contributed by atoms with Crippen molar-refractivity contribution in [3.05, 3.63) is 35.4 Å².